The Kier molecular flexibility index (Phi) is 10.1. The molecule has 7 bridgehead atoms. The Morgan fingerprint density at radius 2 is 1.42 bits per heavy atom. The molecule has 1 heterocycles. The van der Waals surface area contributed by atoms with Crippen LogP contribution in [0.1, 0.15) is 57.8 Å². The van der Waals surface area contributed by atoms with E-state index in [1.54, 1.807) is 51.7 Å². The molecule has 15 atom stereocenters. The summed E-state index contributed by atoms with van der Waals surface area (Å²) in [7, 11) is 6.23. The summed E-state index contributed by atoms with van der Waals surface area (Å²) in [6.07, 6.45) is -5.56. The molecule has 7 rings (SSSR count). The number of carbonyl (C=O) groups excluding carboxylic acids is 5. The van der Waals surface area contributed by atoms with Gasteiger partial charge < -0.3 is 42.6 Å². The Bertz CT molecular complexity index is 1710. The van der Waals surface area contributed by atoms with Crippen molar-refractivity contribution < 1.29 is 66.6 Å². The van der Waals surface area contributed by atoms with E-state index in [2.05, 4.69) is 4.90 Å². The number of methoxy groups -OCH3 is 4. The van der Waals surface area contributed by atoms with Gasteiger partial charge in [0.05, 0.1) is 24.4 Å². The minimum atomic E-state index is -1.77. The van der Waals surface area contributed by atoms with E-state index in [0.717, 1.165) is 0 Å². The first-order chi connectivity index (χ1) is 26.2. The zero-order valence-corrected chi connectivity index (χ0v) is 32.9. The van der Waals surface area contributed by atoms with Gasteiger partial charge in [-0.15, -0.1) is 0 Å². The van der Waals surface area contributed by atoms with Gasteiger partial charge in [0.1, 0.15) is 12.2 Å². The molecule has 5 saturated carbocycles. The molecule has 15 heteroatoms. The summed E-state index contributed by atoms with van der Waals surface area (Å²) in [5.41, 5.74) is -5.03. The predicted octanol–water partition coefficient (Wildman–Crippen LogP) is 2.36. The van der Waals surface area contributed by atoms with Crippen molar-refractivity contribution >= 4 is 29.8 Å². The average molecular weight is 772 g/mol. The van der Waals surface area contributed by atoms with Crippen LogP contribution in [0, 0.1) is 34.5 Å². The molecule has 1 spiro atoms. The number of hydrogen-bond donors (Lipinski definition) is 0. The van der Waals surface area contributed by atoms with Crippen LogP contribution in [0.5, 0.6) is 0 Å². The average Bonchev–Trinajstić information content (AvgIpc) is 3.51. The number of likely N-dealkylation sites (tertiary alicyclic amines) is 1. The van der Waals surface area contributed by atoms with Crippen LogP contribution in [-0.2, 0) is 61.8 Å². The van der Waals surface area contributed by atoms with E-state index in [4.69, 9.17) is 42.6 Å². The van der Waals surface area contributed by atoms with E-state index < -0.39 is 118 Å². The van der Waals surface area contributed by atoms with E-state index in [9.17, 15) is 24.0 Å². The smallest absolute Gasteiger partial charge is 0.338 e. The Morgan fingerprint density at radius 3 is 1.96 bits per heavy atom. The second kappa shape index (κ2) is 14.1. The first-order valence-electron chi connectivity index (χ1n) is 19.0. The summed E-state index contributed by atoms with van der Waals surface area (Å²) in [6.45, 7) is 8.33. The lowest BCUT2D eigenvalue weighted by atomic mass is 9.42. The molecule has 5 unspecified atom stereocenters. The lowest BCUT2D eigenvalue weighted by Crippen LogP contribution is -2.82. The lowest BCUT2D eigenvalue weighted by Gasteiger charge is -2.70. The van der Waals surface area contributed by atoms with Gasteiger partial charge in [-0.3, -0.25) is 24.1 Å². The van der Waals surface area contributed by atoms with Crippen molar-refractivity contribution in [3.05, 3.63) is 35.9 Å². The maximum absolute atomic E-state index is 14.2. The largest absolute Gasteiger partial charge is 0.462 e. The number of carbonyl (C=O) groups is 5. The summed E-state index contributed by atoms with van der Waals surface area (Å²) >= 11 is 0. The number of benzene rings is 1. The quantitative estimate of drug-likeness (QED) is 0.224. The maximum atomic E-state index is 14.2. The zero-order valence-electron chi connectivity index (χ0n) is 32.9. The highest BCUT2D eigenvalue weighted by molar-refractivity contribution is 5.89. The predicted molar refractivity (Wildman–Crippen MR) is 189 cm³/mol. The van der Waals surface area contributed by atoms with Crippen LogP contribution >= 0.6 is 0 Å². The SMILES string of the molecule is CCN1C[C@]2(COC)[C@H](OC(C)=O)CC(OC)C34C1C(C(OC)[C@@H]32)[C@]1(OC(C)=O)[C@@H]2[C@H]4C[C@@](OC(C)=O)([C@@H]2OC(=O)c2ccccc2)[C@@H](OC)[C@@H]1OC(C)=O. The molecule has 0 amide bonds. The van der Waals surface area contributed by atoms with Crippen LogP contribution in [0.2, 0.25) is 0 Å². The summed E-state index contributed by atoms with van der Waals surface area (Å²) in [5, 5.41) is 0. The number of nitrogens with zero attached hydrogens (tertiary/aromatic N) is 1. The Morgan fingerprint density at radius 1 is 0.745 bits per heavy atom. The monoisotopic (exact) mass is 771 g/mol. The van der Waals surface area contributed by atoms with Crippen LogP contribution in [0.25, 0.3) is 0 Å². The van der Waals surface area contributed by atoms with E-state index in [1.807, 2.05) is 6.92 Å². The van der Waals surface area contributed by atoms with Crippen LogP contribution in [0.3, 0.4) is 0 Å². The summed E-state index contributed by atoms with van der Waals surface area (Å²) in [5.74, 6) is -5.98. The van der Waals surface area contributed by atoms with E-state index in [-0.39, 0.29) is 18.6 Å². The van der Waals surface area contributed by atoms with E-state index in [0.29, 0.717) is 19.5 Å². The second-order valence-corrected chi connectivity index (χ2v) is 16.1. The summed E-state index contributed by atoms with van der Waals surface area (Å²) < 4.78 is 57.9. The number of piperidine rings is 1. The minimum Gasteiger partial charge on any atom is -0.462 e. The normalized spacial score (nSPS) is 43.3. The fraction of sp³-hybridized carbons (Fsp3) is 0.725. The molecule has 6 aliphatic rings. The van der Waals surface area contributed by atoms with Gasteiger partial charge in [-0.1, -0.05) is 25.1 Å². The molecule has 0 aromatic heterocycles. The summed E-state index contributed by atoms with van der Waals surface area (Å²) in [4.78, 5) is 69.8. The number of esters is 5. The Labute approximate surface area is 320 Å². The first kappa shape index (κ1) is 39.6. The second-order valence-electron chi connectivity index (χ2n) is 16.1. The molecule has 1 aliphatic heterocycles. The van der Waals surface area contributed by atoms with Gasteiger partial charge in [-0.05, 0) is 31.0 Å². The van der Waals surface area contributed by atoms with Crippen molar-refractivity contribution in [2.75, 3.05) is 48.1 Å². The van der Waals surface area contributed by atoms with Crippen molar-refractivity contribution in [1.29, 1.82) is 0 Å². The zero-order chi connectivity index (χ0) is 39.8. The number of ether oxygens (including phenoxy) is 9. The van der Waals surface area contributed by atoms with Crippen molar-refractivity contribution in [3.8, 4) is 0 Å². The van der Waals surface area contributed by atoms with Crippen molar-refractivity contribution in [2.45, 2.75) is 101 Å². The highest BCUT2D eigenvalue weighted by atomic mass is 16.7. The van der Waals surface area contributed by atoms with Crippen LogP contribution in [-0.4, -0.2) is 137 Å². The van der Waals surface area contributed by atoms with Gasteiger partial charge in [0.15, 0.2) is 23.4 Å². The Balaban J connectivity index is 1.60. The molecule has 15 nitrogen and oxygen atoms in total. The molecule has 0 radical (unpaired) electrons. The number of fused-ring (bicyclic) bond motifs is 2. The van der Waals surface area contributed by atoms with Gasteiger partial charge in [0.25, 0.3) is 0 Å². The van der Waals surface area contributed by atoms with Gasteiger partial charge in [0, 0.05) is 104 Å². The standard InChI is InChI=1S/C40H53NO14/c1-10-41-18-37(19-47-6)26(51-20(2)42)16-27(48-7)39-25-17-38(54-22(4)44)33(53-36(46)24-14-12-11-13-15-24)28(25)40(55-23(5)45,35(34(38)50-9)52-21(3)43)29(32(39)41)30(49-8)31(37)39/h11-15,25-35H,10,16-19H2,1-9H3/t25-,26-,27?,28-,29?,30?,31-,32?,33-,34+,35+,37+,38-,39?,40-/m1/s1. The molecule has 5 aliphatic carbocycles. The topological polar surface area (TPSA) is 172 Å². The third kappa shape index (κ3) is 5.21. The highest BCUT2D eigenvalue weighted by Gasteiger charge is 2.93. The molecule has 55 heavy (non-hydrogen) atoms. The third-order valence-corrected chi connectivity index (χ3v) is 14.0. The van der Waals surface area contributed by atoms with E-state index in [1.165, 1.54) is 34.8 Å². The van der Waals surface area contributed by atoms with Gasteiger partial charge >= 0.3 is 29.8 Å². The third-order valence-electron chi connectivity index (χ3n) is 14.0. The molecule has 1 aromatic rings. The molecule has 6 fully saturated rings. The molecule has 1 saturated heterocycles. The van der Waals surface area contributed by atoms with Crippen LogP contribution in [0.4, 0.5) is 0 Å². The number of hydrogen-bond acceptors (Lipinski definition) is 15. The molecular formula is C40H53NO14. The van der Waals surface area contributed by atoms with Gasteiger partial charge in [0.2, 0.25) is 0 Å². The van der Waals surface area contributed by atoms with Gasteiger partial charge in [-0.2, -0.15) is 0 Å². The molecule has 1 aromatic carbocycles. The molecule has 0 N–H and O–H groups in total. The van der Waals surface area contributed by atoms with Crippen molar-refractivity contribution in [3.63, 3.8) is 0 Å². The summed E-state index contributed by atoms with van der Waals surface area (Å²) in [6, 6.07) is 7.98. The lowest BCUT2D eigenvalue weighted by molar-refractivity contribution is -0.325. The van der Waals surface area contributed by atoms with Crippen LogP contribution in [0.15, 0.2) is 30.3 Å². The van der Waals surface area contributed by atoms with Gasteiger partial charge in [-0.25, -0.2) is 4.79 Å². The highest BCUT2D eigenvalue weighted by Crippen LogP contribution is 2.81. The first-order valence-corrected chi connectivity index (χ1v) is 19.0. The molecular weight excluding hydrogens is 718 g/mol. The van der Waals surface area contributed by atoms with Crippen LogP contribution < -0.4 is 0 Å². The fourth-order valence-electron chi connectivity index (χ4n) is 13.4. The van der Waals surface area contributed by atoms with Crippen molar-refractivity contribution in [1.82, 2.24) is 4.90 Å². The maximum Gasteiger partial charge on any atom is 0.338 e. The minimum absolute atomic E-state index is 0.0537. The van der Waals surface area contributed by atoms with E-state index >= 15 is 0 Å². The molecule has 302 valence electrons. The number of rotatable bonds is 12. The fourth-order valence-corrected chi connectivity index (χ4v) is 13.4. The Hall–Kier alpha value is -3.63. The van der Waals surface area contributed by atoms with Crippen molar-refractivity contribution in [2.24, 2.45) is 34.5 Å².